The normalized spacial score (nSPS) is 14.5. The van der Waals surface area contributed by atoms with Crippen LogP contribution in [0.3, 0.4) is 0 Å². The van der Waals surface area contributed by atoms with Crippen LogP contribution < -0.4 is 4.90 Å². The lowest BCUT2D eigenvalue weighted by Gasteiger charge is -2.36. The van der Waals surface area contributed by atoms with Gasteiger partial charge < -0.3 is 14.9 Å². The fourth-order valence-corrected chi connectivity index (χ4v) is 3.99. The number of fused-ring (bicyclic) bond motifs is 1. The Labute approximate surface area is 183 Å². The number of carbonyl (C=O) groups is 1. The standard InChI is InChI=1S/C25H30N4O2/c1-17(2)8-11-23(31)28-12-14-29(15-13-28)25-19-10-9-18(3)16-21(19)26-24(27-25)20-6-4-5-7-22(20)30/h4-7,9-10,16-17,30H,8,11-15H2,1-3H3. The van der Waals surface area contributed by atoms with Gasteiger partial charge >= 0.3 is 0 Å². The van der Waals surface area contributed by atoms with Crippen LogP contribution >= 0.6 is 0 Å². The van der Waals surface area contributed by atoms with Crippen LogP contribution in [0.25, 0.3) is 22.3 Å². The molecule has 1 N–H and O–H groups in total. The highest BCUT2D eigenvalue weighted by Gasteiger charge is 2.24. The van der Waals surface area contributed by atoms with Gasteiger partial charge in [0.15, 0.2) is 5.82 Å². The monoisotopic (exact) mass is 418 g/mol. The Morgan fingerprint density at radius 3 is 2.52 bits per heavy atom. The van der Waals surface area contributed by atoms with E-state index in [1.54, 1.807) is 12.1 Å². The second-order valence-electron chi connectivity index (χ2n) is 8.71. The number of phenols is 1. The molecule has 2 heterocycles. The van der Waals surface area contributed by atoms with Gasteiger partial charge in [0.2, 0.25) is 5.91 Å². The Balaban J connectivity index is 1.63. The molecule has 0 unspecified atom stereocenters. The van der Waals surface area contributed by atoms with Gasteiger partial charge in [-0.05, 0) is 49.1 Å². The maximum Gasteiger partial charge on any atom is 0.222 e. The number of aromatic nitrogens is 2. The average Bonchev–Trinajstić information content (AvgIpc) is 2.77. The van der Waals surface area contributed by atoms with Crippen molar-refractivity contribution in [2.45, 2.75) is 33.6 Å². The molecule has 1 aromatic heterocycles. The molecule has 162 valence electrons. The van der Waals surface area contributed by atoms with Crippen LogP contribution in [0.2, 0.25) is 0 Å². The molecule has 2 aromatic carbocycles. The van der Waals surface area contributed by atoms with Crippen LogP contribution in [-0.2, 0) is 4.79 Å². The first-order valence-corrected chi connectivity index (χ1v) is 11.0. The third-order valence-electron chi connectivity index (χ3n) is 5.84. The number of hydrogen-bond acceptors (Lipinski definition) is 5. The third-order valence-corrected chi connectivity index (χ3v) is 5.84. The Morgan fingerprint density at radius 2 is 1.81 bits per heavy atom. The van der Waals surface area contributed by atoms with Crippen molar-refractivity contribution in [1.29, 1.82) is 0 Å². The van der Waals surface area contributed by atoms with Gasteiger partial charge in [0.05, 0.1) is 11.1 Å². The van der Waals surface area contributed by atoms with E-state index in [4.69, 9.17) is 9.97 Å². The minimum absolute atomic E-state index is 0.168. The number of nitrogens with zero attached hydrogens (tertiary/aromatic N) is 4. The summed E-state index contributed by atoms with van der Waals surface area (Å²) in [5, 5.41) is 11.3. The average molecular weight is 419 g/mol. The first-order chi connectivity index (χ1) is 14.9. The molecule has 4 rings (SSSR count). The van der Waals surface area contributed by atoms with Crippen LogP contribution in [0.1, 0.15) is 32.3 Å². The second kappa shape index (κ2) is 8.92. The fraction of sp³-hybridized carbons (Fsp3) is 0.400. The van der Waals surface area contributed by atoms with Crippen molar-refractivity contribution in [3.8, 4) is 17.1 Å². The largest absolute Gasteiger partial charge is 0.507 e. The van der Waals surface area contributed by atoms with E-state index in [1.807, 2.05) is 24.0 Å². The number of para-hydroxylation sites is 1. The van der Waals surface area contributed by atoms with Gasteiger partial charge in [0, 0.05) is 38.0 Å². The SMILES string of the molecule is Cc1ccc2c(N3CCN(C(=O)CCC(C)C)CC3)nc(-c3ccccc3O)nc2c1. The molecule has 3 aromatic rings. The number of amides is 1. The number of anilines is 1. The van der Waals surface area contributed by atoms with E-state index in [1.165, 1.54) is 0 Å². The van der Waals surface area contributed by atoms with Crippen LogP contribution in [0.15, 0.2) is 42.5 Å². The molecule has 6 heteroatoms. The van der Waals surface area contributed by atoms with E-state index in [9.17, 15) is 9.90 Å². The van der Waals surface area contributed by atoms with Crippen LogP contribution in [0.4, 0.5) is 5.82 Å². The molecule has 1 saturated heterocycles. The van der Waals surface area contributed by atoms with Crippen LogP contribution in [0.5, 0.6) is 5.75 Å². The van der Waals surface area contributed by atoms with E-state index in [0.29, 0.717) is 36.8 Å². The minimum Gasteiger partial charge on any atom is -0.507 e. The van der Waals surface area contributed by atoms with Crippen molar-refractivity contribution in [3.63, 3.8) is 0 Å². The van der Waals surface area contributed by atoms with Crippen molar-refractivity contribution >= 4 is 22.6 Å². The third kappa shape index (κ3) is 4.63. The molecule has 1 amide bonds. The lowest BCUT2D eigenvalue weighted by atomic mass is 10.1. The van der Waals surface area contributed by atoms with Crippen LogP contribution in [-0.4, -0.2) is 52.1 Å². The molecule has 0 atom stereocenters. The molecular formula is C25H30N4O2. The number of benzene rings is 2. The fourth-order valence-electron chi connectivity index (χ4n) is 3.99. The van der Waals surface area contributed by atoms with Gasteiger partial charge in [-0.3, -0.25) is 4.79 Å². The van der Waals surface area contributed by atoms with E-state index in [0.717, 1.165) is 41.8 Å². The Kier molecular flexibility index (Phi) is 6.07. The quantitative estimate of drug-likeness (QED) is 0.665. The van der Waals surface area contributed by atoms with Gasteiger partial charge in [0.1, 0.15) is 11.6 Å². The second-order valence-corrected chi connectivity index (χ2v) is 8.71. The molecule has 1 aliphatic rings. The Morgan fingerprint density at radius 1 is 1.06 bits per heavy atom. The number of rotatable bonds is 5. The molecule has 1 fully saturated rings. The summed E-state index contributed by atoms with van der Waals surface area (Å²) in [6.45, 7) is 9.19. The molecule has 0 spiro atoms. The summed E-state index contributed by atoms with van der Waals surface area (Å²) in [5.74, 6) is 2.32. The number of piperazine rings is 1. The zero-order valence-corrected chi connectivity index (χ0v) is 18.5. The first-order valence-electron chi connectivity index (χ1n) is 11.0. The van der Waals surface area contributed by atoms with E-state index in [2.05, 4.69) is 36.9 Å². The zero-order valence-electron chi connectivity index (χ0n) is 18.5. The number of aromatic hydroxyl groups is 1. The van der Waals surface area contributed by atoms with E-state index < -0.39 is 0 Å². The molecular weight excluding hydrogens is 388 g/mol. The number of hydrogen-bond donors (Lipinski definition) is 1. The minimum atomic E-state index is 0.168. The van der Waals surface area contributed by atoms with Gasteiger partial charge in [-0.2, -0.15) is 0 Å². The summed E-state index contributed by atoms with van der Waals surface area (Å²) in [6, 6.07) is 13.3. The summed E-state index contributed by atoms with van der Waals surface area (Å²) in [5.41, 5.74) is 2.61. The highest BCUT2D eigenvalue weighted by Crippen LogP contribution is 2.32. The summed E-state index contributed by atoms with van der Waals surface area (Å²) in [6.07, 6.45) is 1.55. The van der Waals surface area contributed by atoms with E-state index in [-0.39, 0.29) is 11.7 Å². The van der Waals surface area contributed by atoms with Crippen molar-refractivity contribution in [3.05, 3.63) is 48.0 Å². The van der Waals surface area contributed by atoms with Crippen molar-refractivity contribution in [2.24, 2.45) is 5.92 Å². The molecule has 0 bridgehead atoms. The molecule has 0 radical (unpaired) electrons. The zero-order chi connectivity index (χ0) is 22.0. The summed E-state index contributed by atoms with van der Waals surface area (Å²) in [4.78, 5) is 26.3. The van der Waals surface area contributed by atoms with Gasteiger partial charge in [-0.1, -0.05) is 32.0 Å². The van der Waals surface area contributed by atoms with Crippen molar-refractivity contribution in [2.75, 3.05) is 31.1 Å². The van der Waals surface area contributed by atoms with E-state index >= 15 is 0 Å². The summed E-state index contributed by atoms with van der Waals surface area (Å²) in [7, 11) is 0. The maximum atomic E-state index is 12.5. The number of aryl methyl sites for hydroxylation is 1. The Bertz CT molecular complexity index is 1090. The molecule has 6 nitrogen and oxygen atoms in total. The highest BCUT2D eigenvalue weighted by atomic mass is 16.3. The van der Waals surface area contributed by atoms with Crippen molar-refractivity contribution < 1.29 is 9.90 Å². The van der Waals surface area contributed by atoms with Crippen molar-refractivity contribution in [1.82, 2.24) is 14.9 Å². The first kappa shape index (κ1) is 21.1. The highest BCUT2D eigenvalue weighted by molar-refractivity contribution is 5.92. The Hall–Kier alpha value is -3.15. The number of carbonyl (C=O) groups excluding carboxylic acids is 1. The molecule has 0 saturated carbocycles. The van der Waals surface area contributed by atoms with Gasteiger partial charge in [0.25, 0.3) is 0 Å². The summed E-state index contributed by atoms with van der Waals surface area (Å²) >= 11 is 0. The lowest BCUT2D eigenvalue weighted by molar-refractivity contribution is -0.131. The van der Waals surface area contributed by atoms with Gasteiger partial charge in [-0.15, -0.1) is 0 Å². The van der Waals surface area contributed by atoms with Crippen LogP contribution in [0, 0.1) is 12.8 Å². The molecule has 0 aliphatic carbocycles. The predicted molar refractivity (Wildman–Crippen MR) is 124 cm³/mol. The summed E-state index contributed by atoms with van der Waals surface area (Å²) < 4.78 is 0. The number of phenolic OH excluding ortho intramolecular Hbond substituents is 1. The topological polar surface area (TPSA) is 69.6 Å². The van der Waals surface area contributed by atoms with Gasteiger partial charge in [-0.25, -0.2) is 9.97 Å². The lowest BCUT2D eigenvalue weighted by Crippen LogP contribution is -2.49. The molecule has 1 aliphatic heterocycles. The molecule has 31 heavy (non-hydrogen) atoms. The predicted octanol–water partition coefficient (Wildman–Crippen LogP) is 4.40. The maximum absolute atomic E-state index is 12.5. The smallest absolute Gasteiger partial charge is 0.222 e.